The Morgan fingerprint density at radius 1 is 1.30 bits per heavy atom. The second-order valence-corrected chi connectivity index (χ2v) is 5.09. The number of hydrogen-bond acceptors (Lipinski definition) is 3. The van der Waals surface area contributed by atoms with Crippen LogP contribution in [0.5, 0.6) is 5.75 Å². The maximum Gasteiger partial charge on any atom is 0.270 e. The number of aromatic nitrogens is 2. The summed E-state index contributed by atoms with van der Waals surface area (Å²) in [4.78, 5) is 16.9. The SMILES string of the molecule is COc1cccn2c(C(=O)NCc3ccccc3F)c(C)nc12. The maximum atomic E-state index is 13.6. The number of carbonyl (C=O) groups excluding carboxylic acids is 1. The van der Waals surface area contributed by atoms with Gasteiger partial charge < -0.3 is 10.1 Å². The molecule has 0 aliphatic rings. The van der Waals surface area contributed by atoms with E-state index in [0.29, 0.717) is 28.3 Å². The van der Waals surface area contributed by atoms with Crippen LogP contribution >= 0.6 is 0 Å². The number of carbonyl (C=O) groups is 1. The number of rotatable bonds is 4. The number of amides is 1. The second kappa shape index (κ2) is 6.08. The molecule has 0 radical (unpaired) electrons. The van der Waals surface area contributed by atoms with Gasteiger partial charge in [0.25, 0.3) is 5.91 Å². The minimum Gasteiger partial charge on any atom is -0.493 e. The second-order valence-electron chi connectivity index (χ2n) is 5.09. The Kier molecular flexibility index (Phi) is 3.97. The summed E-state index contributed by atoms with van der Waals surface area (Å²) >= 11 is 0. The number of halogens is 1. The van der Waals surface area contributed by atoms with Crippen LogP contribution in [-0.2, 0) is 6.54 Å². The molecule has 0 aliphatic heterocycles. The van der Waals surface area contributed by atoms with Crippen LogP contribution in [0.25, 0.3) is 5.65 Å². The Labute approximate surface area is 132 Å². The molecule has 0 spiro atoms. The summed E-state index contributed by atoms with van der Waals surface area (Å²) in [6.07, 6.45) is 1.75. The fourth-order valence-corrected chi connectivity index (χ4v) is 2.49. The van der Waals surface area contributed by atoms with Crippen LogP contribution in [0.1, 0.15) is 21.7 Å². The van der Waals surface area contributed by atoms with Crippen LogP contribution in [0.2, 0.25) is 0 Å². The van der Waals surface area contributed by atoms with Crippen molar-refractivity contribution >= 4 is 11.6 Å². The van der Waals surface area contributed by atoms with Crippen LogP contribution < -0.4 is 10.1 Å². The topological polar surface area (TPSA) is 55.6 Å². The molecule has 0 unspecified atom stereocenters. The lowest BCUT2D eigenvalue weighted by Gasteiger charge is -2.07. The van der Waals surface area contributed by atoms with E-state index in [1.165, 1.54) is 6.07 Å². The molecule has 0 atom stereocenters. The highest BCUT2D eigenvalue weighted by Crippen LogP contribution is 2.21. The van der Waals surface area contributed by atoms with Gasteiger partial charge in [-0.3, -0.25) is 9.20 Å². The van der Waals surface area contributed by atoms with Crippen LogP contribution in [0, 0.1) is 12.7 Å². The molecule has 23 heavy (non-hydrogen) atoms. The zero-order valence-electron chi connectivity index (χ0n) is 12.8. The van der Waals surface area contributed by atoms with Gasteiger partial charge in [0.15, 0.2) is 11.4 Å². The smallest absolute Gasteiger partial charge is 0.270 e. The largest absolute Gasteiger partial charge is 0.493 e. The molecule has 1 aromatic carbocycles. The fraction of sp³-hybridized carbons (Fsp3) is 0.176. The molecule has 0 saturated carbocycles. The van der Waals surface area contributed by atoms with E-state index in [4.69, 9.17) is 4.74 Å². The highest BCUT2D eigenvalue weighted by Gasteiger charge is 2.18. The molecule has 6 heteroatoms. The van der Waals surface area contributed by atoms with Crippen molar-refractivity contribution in [3.63, 3.8) is 0 Å². The number of pyridine rings is 1. The summed E-state index contributed by atoms with van der Waals surface area (Å²) in [6, 6.07) is 9.91. The van der Waals surface area contributed by atoms with Crippen molar-refractivity contribution in [2.45, 2.75) is 13.5 Å². The van der Waals surface area contributed by atoms with Crippen LogP contribution in [-0.4, -0.2) is 22.4 Å². The summed E-state index contributed by atoms with van der Waals surface area (Å²) in [5, 5.41) is 2.73. The van der Waals surface area contributed by atoms with E-state index >= 15 is 0 Å². The lowest BCUT2D eigenvalue weighted by Crippen LogP contribution is -2.25. The van der Waals surface area contributed by atoms with Crippen molar-refractivity contribution in [2.75, 3.05) is 7.11 Å². The van der Waals surface area contributed by atoms with Crippen molar-refractivity contribution in [1.29, 1.82) is 0 Å². The summed E-state index contributed by atoms with van der Waals surface area (Å²) in [5.74, 6) is -0.0698. The third-order valence-corrected chi connectivity index (χ3v) is 3.62. The number of methoxy groups -OCH3 is 1. The molecule has 1 amide bonds. The number of hydrogen-bond donors (Lipinski definition) is 1. The third kappa shape index (κ3) is 2.75. The van der Waals surface area contributed by atoms with Gasteiger partial charge in [-0.2, -0.15) is 0 Å². The molecular weight excluding hydrogens is 297 g/mol. The summed E-state index contributed by atoms with van der Waals surface area (Å²) in [6.45, 7) is 1.87. The highest BCUT2D eigenvalue weighted by atomic mass is 19.1. The van der Waals surface area contributed by atoms with Crippen LogP contribution in [0.3, 0.4) is 0 Å². The normalized spacial score (nSPS) is 10.7. The third-order valence-electron chi connectivity index (χ3n) is 3.62. The predicted molar refractivity (Wildman–Crippen MR) is 84.1 cm³/mol. The lowest BCUT2D eigenvalue weighted by molar-refractivity contribution is 0.0944. The molecule has 0 bridgehead atoms. The van der Waals surface area contributed by atoms with E-state index in [2.05, 4.69) is 10.3 Å². The lowest BCUT2D eigenvalue weighted by atomic mass is 10.2. The predicted octanol–water partition coefficient (Wildman–Crippen LogP) is 2.72. The molecule has 3 rings (SSSR count). The van der Waals surface area contributed by atoms with E-state index in [1.807, 2.05) is 0 Å². The minimum absolute atomic E-state index is 0.113. The van der Waals surface area contributed by atoms with Crippen molar-refractivity contribution in [2.24, 2.45) is 0 Å². The minimum atomic E-state index is -0.343. The summed E-state index contributed by atoms with van der Waals surface area (Å²) in [5.41, 5.74) is 2.00. The Hall–Kier alpha value is -2.89. The first-order chi connectivity index (χ1) is 11.1. The van der Waals surface area contributed by atoms with Gasteiger partial charge in [-0.15, -0.1) is 0 Å². The van der Waals surface area contributed by atoms with Gasteiger partial charge in [0.1, 0.15) is 11.5 Å². The molecule has 0 aliphatic carbocycles. The van der Waals surface area contributed by atoms with Gasteiger partial charge in [-0.1, -0.05) is 18.2 Å². The Balaban J connectivity index is 1.89. The summed E-state index contributed by atoms with van der Waals surface area (Å²) in [7, 11) is 1.55. The van der Waals surface area contributed by atoms with E-state index in [1.54, 1.807) is 55.0 Å². The van der Waals surface area contributed by atoms with E-state index in [9.17, 15) is 9.18 Å². The fourth-order valence-electron chi connectivity index (χ4n) is 2.49. The number of fused-ring (bicyclic) bond motifs is 1. The Bertz CT molecular complexity index is 873. The zero-order valence-corrected chi connectivity index (χ0v) is 12.8. The number of nitrogens with zero attached hydrogens (tertiary/aromatic N) is 2. The first-order valence-corrected chi connectivity index (χ1v) is 7.15. The molecule has 3 aromatic rings. The first-order valence-electron chi connectivity index (χ1n) is 7.15. The van der Waals surface area contributed by atoms with E-state index < -0.39 is 0 Å². The number of ether oxygens (including phenoxy) is 1. The average Bonchev–Trinajstić information content (AvgIpc) is 2.89. The average molecular weight is 313 g/mol. The Morgan fingerprint density at radius 2 is 2.09 bits per heavy atom. The van der Waals surface area contributed by atoms with Crippen LogP contribution in [0.15, 0.2) is 42.6 Å². The van der Waals surface area contributed by atoms with Crippen molar-refractivity contribution in [3.8, 4) is 5.75 Å². The number of aryl methyl sites for hydroxylation is 1. The van der Waals surface area contributed by atoms with Crippen molar-refractivity contribution in [3.05, 3.63) is 65.4 Å². The quantitative estimate of drug-likeness (QED) is 0.806. The van der Waals surface area contributed by atoms with Gasteiger partial charge in [0.2, 0.25) is 0 Å². The van der Waals surface area contributed by atoms with Gasteiger partial charge in [0, 0.05) is 18.3 Å². The molecular formula is C17H16FN3O2. The van der Waals surface area contributed by atoms with Gasteiger partial charge in [-0.25, -0.2) is 9.37 Å². The van der Waals surface area contributed by atoms with Crippen LogP contribution in [0.4, 0.5) is 4.39 Å². The zero-order chi connectivity index (χ0) is 16.4. The van der Waals surface area contributed by atoms with Gasteiger partial charge in [-0.05, 0) is 25.1 Å². The standard InChI is InChI=1S/C17H16FN3O2/c1-11-15(21-9-5-8-14(23-2)16(21)20-11)17(22)19-10-12-6-3-4-7-13(12)18/h3-9H,10H2,1-2H3,(H,19,22). The van der Waals surface area contributed by atoms with Crippen molar-refractivity contribution in [1.82, 2.24) is 14.7 Å². The molecule has 1 N–H and O–H groups in total. The van der Waals surface area contributed by atoms with E-state index in [0.717, 1.165) is 0 Å². The number of benzene rings is 1. The maximum absolute atomic E-state index is 13.6. The Morgan fingerprint density at radius 3 is 2.83 bits per heavy atom. The number of nitrogens with one attached hydrogen (secondary N) is 1. The molecule has 2 aromatic heterocycles. The van der Waals surface area contributed by atoms with Gasteiger partial charge >= 0.3 is 0 Å². The molecule has 0 fully saturated rings. The van der Waals surface area contributed by atoms with Gasteiger partial charge in [0.05, 0.1) is 12.8 Å². The highest BCUT2D eigenvalue weighted by molar-refractivity contribution is 5.94. The molecule has 118 valence electrons. The molecule has 2 heterocycles. The molecule has 5 nitrogen and oxygen atoms in total. The van der Waals surface area contributed by atoms with Crippen molar-refractivity contribution < 1.29 is 13.9 Å². The molecule has 0 saturated heterocycles. The summed E-state index contributed by atoms with van der Waals surface area (Å²) < 4.78 is 20.6. The number of imidazole rings is 1. The van der Waals surface area contributed by atoms with E-state index in [-0.39, 0.29) is 18.3 Å². The monoisotopic (exact) mass is 313 g/mol. The first kappa shape index (κ1) is 15.0.